The van der Waals surface area contributed by atoms with Gasteiger partial charge in [0, 0.05) is 13.6 Å². The number of H-pyrrole nitrogens is 1. The van der Waals surface area contributed by atoms with Crippen LogP contribution in [-0.2, 0) is 13.6 Å². The van der Waals surface area contributed by atoms with E-state index in [0.29, 0.717) is 17.7 Å². The molecule has 0 amide bonds. The molecule has 2 rings (SSSR count). The fraction of sp³-hybridized carbons (Fsp3) is 0.545. The van der Waals surface area contributed by atoms with Gasteiger partial charge in [0.05, 0.1) is 6.33 Å². The van der Waals surface area contributed by atoms with Crippen LogP contribution in [0.3, 0.4) is 0 Å². The average molecular weight is 236 g/mol. The van der Waals surface area contributed by atoms with Gasteiger partial charge in [-0.05, 0) is 5.41 Å². The van der Waals surface area contributed by atoms with E-state index in [4.69, 9.17) is 0 Å². The van der Waals surface area contributed by atoms with Gasteiger partial charge in [0.2, 0.25) is 0 Å². The zero-order valence-corrected chi connectivity index (χ0v) is 10.4. The summed E-state index contributed by atoms with van der Waals surface area (Å²) in [6.07, 6.45) is 1.59. The average Bonchev–Trinajstić information content (AvgIpc) is 2.55. The number of aromatic amines is 1. The molecule has 0 fully saturated rings. The van der Waals surface area contributed by atoms with Gasteiger partial charge in [-0.25, -0.2) is 9.78 Å². The van der Waals surface area contributed by atoms with Crippen LogP contribution in [0.15, 0.2) is 15.9 Å². The molecule has 0 aliphatic rings. The molecule has 0 spiro atoms. The Morgan fingerprint density at radius 2 is 2.00 bits per heavy atom. The van der Waals surface area contributed by atoms with E-state index in [0.717, 1.165) is 4.57 Å². The summed E-state index contributed by atoms with van der Waals surface area (Å²) >= 11 is 0. The number of nitrogens with one attached hydrogen (secondary N) is 1. The Bertz CT molecular complexity index is 669. The minimum atomic E-state index is -0.441. The van der Waals surface area contributed by atoms with Crippen molar-refractivity contribution in [2.45, 2.75) is 27.3 Å². The molecule has 0 saturated carbocycles. The number of rotatable bonds is 1. The predicted molar refractivity (Wildman–Crippen MR) is 65.0 cm³/mol. The van der Waals surface area contributed by atoms with E-state index in [-0.39, 0.29) is 11.0 Å². The Hall–Kier alpha value is -1.85. The zero-order valence-electron chi connectivity index (χ0n) is 10.4. The highest BCUT2D eigenvalue weighted by atomic mass is 16.2. The Morgan fingerprint density at radius 1 is 1.35 bits per heavy atom. The van der Waals surface area contributed by atoms with Crippen LogP contribution in [0.5, 0.6) is 0 Å². The van der Waals surface area contributed by atoms with E-state index >= 15 is 0 Å². The number of nitrogens with zero attached hydrogens (tertiary/aromatic N) is 3. The zero-order chi connectivity index (χ0) is 12.8. The van der Waals surface area contributed by atoms with Crippen molar-refractivity contribution >= 4 is 11.2 Å². The molecule has 0 atom stereocenters. The first-order valence-electron chi connectivity index (χ1n) is 5.44. The van der Waals surface area contributed by atoms with Crippen LogP contribution in [-0.4, -0.2) is 19.1 Å². The summed E-state index contributed by atoms with van der Waals surface area (Å²) in [5.74, 6) is 0. The summed E-state index contributed by atoms with van der Waals surface area (Å²) in [6, 6.07) is 0. The van der Waals surface area contributed by atoms with Gasteiger partial charge >= 0.3 is 5.69 Å². The molecule has 0 saturated heterocycles. The lowest BCUT2D eigenvalue weighted by molar-refractivity contribution is 0.348. The van der Waals surface area contributed by atoms with Gasteiger partial charge in [0.25, 0.3) is 5.56 Å². The molecule has 0 radical (unpaired) electrons. The van der Waals surface area contributed by atoms with Crippen molar-refractivity contribution in [3.8, 4) is 0 Å². The third-order valence-corrected chi connectivity index (χ3v) is 2.52. The monoisotopic (exact) mass is 236 g/mol. The first-order valence-corrected chi connectivity index (χ1v) is 5.44. The molecule has 0 aromatic carbocycles. The van der Waals surface area contributed by atoms with Gasteiger partial charge in [0.15, 0.2) is 11.2 Å². The molecule has 0 aliphatic heterocycles. The Morgan fingerprint density at radius 3 is 2.59 bits per heavy atom. The quantitative estimate of drug-likeness (QED) is 0.782. The van der Waals surface area contributed by atoms with Crippen LogP contribution in [0.4, 0.5) is 0 Å². The molecule has 6 heteroatoms. The molecule has 2 heterocycles. The Kier molecular flexibility index (Phi) is 2.45. The molecule has 6 nitrogen and oxygen atoms in total. The summed E-state index contributed by atoms with van der Waals surface area (Å²) in [4.78, 5) is 30.0. The second kappa shape index (κ2) is 3.58. The van der Waals surface area contributed by atoms with E-state index in [1.165, 1.54) is 7.05 Å². The number of hydrogen-bond acceptors (Lipinski definition) is 3. The first-order chi connectivity index (χ1) is 7.79. The van der Waals surface area contributed by atoms with Crippen molar-refractivity contribution in [3.05, 3.63) is 27.2 Å². The largest absolute Gasteiger partial charge is 0.329 e. The standard InChI is InChI=1S/C11H16N4O2/c1-11(2,3)5-15-6-12-8-7(15)9(16)14(4)10(17)13-8/h6H,5H2,1-4H3,(H,13,17). The molecular weight excluding hydrogens is 220 g/mol. The highest BCUT2D eigenvalue weighted by Gasteiger charge is 2.16. The van der Waals surface area contributed by atoms with E-state index in [2.05, 4.69) is 30.7 Å². The lowest BCUT2D eigenvalue weighted by Crippen LogP contribution is -2.33. The second-order valence-corrected chi connectivity index (χ2v) is 5.42. The molecule has 2 aromatic rings. The summed E-state index contributed by atoms with van der Waals surface area (Å²) in [7, 11) is 1.45. The molecule has 1 N–H and O–H groups in total. The number of fused-ring (bicyclic) bond motifs is 1. The number of hydrogen-bond donors (Lipinski definition) is 1. The van der Waals surface area contributed by atoms with E-state index in [1.807, 2.05) is 0 Å². The van der Waals surface area contributed by atoms with Crippen molar-refractivity contribution in [3.63, 3.8) is 0 Å². The molecule has 2 aromatic heterocycles. The van der Waals surface area contributed by atoms with Crippen LogP contribution in [0.2, 0.25) is 0 Å². The maximum Gasteiger partial charge on any atom is 0.329 e. The summed E-state index contributed by atoms with van der Waals surface area (Å²) in [5, 5.41) is 0. The number of imidazole rings is 1. The SMILES string of the molecule is Cn1c(=O)[nH]c2ncn(CC(C)(C)C)c2c1=O. The van der Waals surface area contributed by atoms with Crippen LogP contribution >= 0.6 is 0 Å². The van der Waals surface area contributed by atoms with Crippen LogP contribution in [0.1, 0.15) is 20.8 Å². The van der Waals surface area contributed by atoms with Gasteiger partial charge in [0.1, 0.15) is 0 Å². The summed E-state index contributed by atoms with van der Waals surface area (Å²) in [5.41, 5.74) is 0.0767. The van der Waals surface area contributed by atoms with Crippen molar-refractivity contribution in [2.75, 3.05) is 0 Å². The maximum absolute atomic E-state index is 12.0. The smallest absolute Gasteiger partial charge is 0.324 e. The molecule has 0 aliphatic carbocycles. The highest BCUT2D eigenvalue weighted by Crippen LogP contribution is 2.17. The fourth-order valence-corrected chi connectivity index (χ4v) is 1.77. The van der Waals surface area contributed by atoms with E-state index in [9.17, 15) is 9.59 Å². The van der Waals surface area contributed by atoms with Gasteiger partial charge in [-0.1, -0.05) is 20.8 Å². The van der Waals surface area contributed by atoms with Crippen LogP contribution in [0.25, 0.3) is 11.2 Å². The molecule has 0 bridgehead atoms. The summed E-state index contributed by atoms with van der Waals surface area (Å²) in [6.45, 7) is 6.91. The van der Waals surface area contributed by atoms with Crippen molar-refractivity contribution in [2.24, 2.45) is 12.5 Å². The topological polar surface area (TPSA) is 72.7 Å². The minimum Gasteiger partial charge on any atom is -0.324 e. The second-order valence-electron chi connectivity index (χ2n) is 5.42. The third kappa shape index (κ3) is 2.02. The van der Waals surface area contributed by atoms with Gasteiger partial charge in [-0.3, -0.25) is 14.3 Å². The highest BCUT2D eigenvalue weighted by molar-refractivity contribution is 5.69. The third-order valence-electron chi connectivity index (χ3n) is 2.52. The molecule has 17 heavy (non-hydrogen) atoms. The summed E-state index contributed by atoms with van der Waals surface area (Å²) < 4.78 is 2.84. The van der Waals surface area contributed by atoms with E-state index in [1.54, 1.807) is 10.9 Å². The normalized spacial score (nSPS) is 12.2. The molecular formula is C11H16N4O2. The van der Waals surface area contributed by atoms with Crippen molar-refractivity contribution < 1.29 is 0 Å². The van der Waals surface area contributed by atoms with Gasteiger partial charge < -0.3 is 4.57 Å². The Labute approximate surface area is 97.9 Å². The molecule has 0 unspecified atom stereocenters. The molecule has 92 valence electrons. The van der Waals surface area contributed by atoms with Crippen LogP contribution < -0.4 is 11.2 Å². The minimum absolute atomic E-state index is 0.0365. The predicted octanol–water partition coefficient (Wildman–Crippen LogP) is 0.469. The van der Waals surface area contributed by atoms with E-state index < -0.39 is 5.69 Å². The van der Waals surface area contributed by atoms with Crippen molar-refractivity contribution in [1.29, 1.82) is 0 Å². The van der Waals surface area contributed by atoms with Crippen molar-refractivity contribution in [1.82, 2.24) is 19.1 Å². The van der Waals surface area contributed by atoms with Gasteiger partial charge in [-0.2, -0.15) is 0 Å². The fourth-order valence-electron chi connectivity index (χ4n) is 1.77. The first kappa shape index (κ1) is 11.6. The lowest BCUT2D eigenvalue weighted by atomic mass is 9.97. The van der Waals surface area contributed by atoms with Crippen LogP contribution in [0, 0.1) is 5.41 Å². The Balaban J connectivity index is 2.73. The lowest BCUT2D eigenvalue weighted by Gasteiger charge is -2.18. The number of aromatic nitrogens is 4. The van der Waals surface area contributed by atoms with Gasteiger partial charge in [-0.15, -0.1) is 0 Å². The maximum atomic E-state index is 12.0.